The third kappa shape index (κ3) is 5.21. The number of ether oxygens (including phenoxy) is 1. The van der Waals surface area contributed by atoms with Gasteiger partial charge < -0.3 is 10.1 Å². The predicted molar refractivity (Wildman–Crippen MR) is 99.0 cm³/mol. The molecule has 27 heavy (non-hydrogen) atoms. The largest absolute Gasteiger partial charge is 0.449 e. The molecular weight excluding hydrogens is 392 g/mol. The van der Waals surface area contributed by atoms with E-state index < -0.39 is 33.4 Å². The first-order valence-corrected chi connectivity index (χ1v) is 10.8. The van der Waals surface area contributed by atoms with E-state index in [4.69, 9.17) is 16.3 Å². The Morgan fingerprint density at radius 2 is 1.93 bits per heavy atom. The maximum absolute atomic E-state index is 12.4. The summed E-state index contributed by atoms with van der Waals surface area (Å²) in [6.45, 7) is 1.38. The van der Waals surface area contributed by atoms with Crippen molar-refractivity contribution in [3.63, 3.8) is 0 Å². The van der Waals surface area contributed by atoms with Crippen molar-refractivity contribution in [2.75, 3.05) is 6.26 Å². The number of carbonyl (C=O) groups excluding carboxylic acids is 2. The van der Waals surface area contributed by atoms with Crippen molar-refractivity contribution in [2.24, 2.45) is 0 Å². The zero-order valence-electron chi connectivity index (χ0n) is 15.1. The molecule has 1 aromatic carbocycles. The lowest BCUT2D eigenvalue weighted by atomic mass is 9.83. The molecule has 0 aromatic heterocycles. The van der Waals surface area contributed by atoms with Crippen LogP contribution in [-0.2, 0) is 19.4 Å². The standard InChI is InChI=1S/C18H21ClN2O5S/c1-12(16(22)21-18(11-20)8-4-3-5-9-18)26-17(23)14-10-13(27(2,24)25)6-7-15(14)19/h6-7,10,12H,3-5,8-9H2,1-2H3,(H,21,22)/t12-/m1/s1. The number of hydrogen-bond donors (Lipinski definition) is 1. The van der Waals surface area contributed by atoms with Crippen LogP contribution in [0.1, 0.15) is 49.4 Å². The molecule has 0 bridgehead atoms. The van der Waals surface area contributed by atoms with Gasteiger partial charge in [0.2, 0.25) is 0 Å². The number of nitrogens with zero attached hydrogens (tertiary/aromatic N) is 1. The minimum Gasteiger partial charge on any atom is -0.449 e. The number of sulfone groups is 1. The molecular formula is C18H21ClN2O5S. The molecule has 7 nitrogen and oxygen atoms in total. The lowest BCUT2D eigenvalue weighted by Crippen LogP contribution is -2.52. The van der Waals surface area contributed by atoms with Gasteiger partial charge in [-0.05, 0) is 38.0 Å². The SMILES string of the molecule is C[C@@H](OC(=O)c1cc(S(C)(=O)=O)ccc1Cl)C(=O)NC1(C#N)CCCCC1. The van der Waals surface area contributed by atoms with Gasteiger partial charge in [-0.25, -0.2) is 13.2 Å². The monoisotopic (exact) mass is 412 g/mol. The highest BCUT2D eigenvalue weighted by Gasteiger charge is 2.35. The van der Waals surface area contributed by atoms with Crippen molar-refractivity contribution < 1.29 is 22.7 Å². The highest BCUT2D eigenvalue weighted by atomic mass is 35.5. The van der Waals surface area contributed by atoms with Crippen molar-refractivity contribution in [3.8, 4) is 6.07 Å². The second-order valence-corrected chi connectivity index (χ2v) is 9.13. The molecule has 0 spiro atoms. The summed E-state index contributed by atoms with van der Waals surface area (Å²) in [6.07, 6.45) is 3.65. The Kier molecular flexibility index (Phi) is 6.50. The number of halogens is 1. The first-order chi connectivity index (χ1) is 12.6. The maximum atomic E-state index is 12.4. The smallest absolute Gasteiger partial charge is 0.340 e. The van der Waals surface area contributed by atoms with Crippen LogP contribution in [0.3, 0.4) is 0 Å². The van der Waals surface area contributed by atoms with Gasteiger partial charge in [-0.3, -0.25) is 4.79 Å². The summed E-state index contributed by atoms with van der Waals surface area (Å²) in [5.74, 6) is -1.50. The summed E-state index contributed by atoms with van der Waals surface area (Å²) in [5.41, 5.74) is -1.09. The molecule has 9 heteroatoms. The predicted octanol–water partition coefficient (Wildman–Crippen LogP) is 2.63. The van der Waals surface area contributed by atoms with E-state index in [9.17, 15) is 23.3 Å². The molecule has 1 amide bonds. The zero-order valence-corrected chi connectivity index (χ0v) is 16.7. The molecule has 1 saturated carbocycles. The fourth-order valence-corrected chi connectivity index (χ4v) is 3.77. The average molecular weight is 413 g/mol. The Hall–Kier alpha value is -2.11. The van der Waals surface area contributed by atoms with Gasteiger partial charge >= 0.3 is 5.97 Å². The lowest BCUT2D eigenvalue weighted by Gasteiger charge is -2.32. The number of rotatable bonds is 5. The Balaban J connectivity index is 2.11. The number of nitriles is 1. The van der Waals surface area contributed by atoms with Crippen LogP contribution in [0.4, 0.5) is 0 Å². The molecule has 0 saturated heterocycles. The Morgan fingerprint density at radius 1 is 1.30 bits per heavy atom. The number of hydrogen-bond acceptors (Lipinski definition) is 6. The van der Waals surface area contributed by atoms with E-state index in [1.807, 2.05) is 0 Å². The van der Waals surface area contributed by atoms with Crippen molar-refractivity contribution >= 4 is 33.3 Å². The molecule has 0 unspecified atom stereocenters. The third-order valence-corrected chi connectivity index (χ3v) is 5.96. The van der Waals surface area contributed by atoms with Crippen LogP contribution >= 0.6 is 11.6 Å². The summed E-state index contributed by atoms with van der Waals surface area (Å²) in [4.78, 5) is 24.7. The van der Waals surface area contributed by atoms with Crippen LogP contribution in [0.5, 0.6) is 0 Å². The molecule has 1 atom stereocenters. The molecule has 1 N–H and O–H groups in total. The zero-order chi connectivity index (χ0) is 20.2. The first-order valence-electron chi connectivity index (χ1n) is 8.52. The van der Waals surface area contributed by atoms with E-state index in [0.29, 0.717) is 12.8 Å². The molecule has 1 fully saturated rings. The Morgan fingerprint density at radius 3 is 2.48 bits per heavy atom. The number of carbonyl (C=O) groups is 2. The fraction of sp³-hybridized carbons (Fsp3) is 0.500. The number of esters is 1. The summed E-state index contributed by atoms with van der Waals surface area (Å²) >= 11 is 5.97. The van der Waals surface area contributed by atoms with Gasteiger partial charge in [-0.15, -0.1) is 0 Å². The quantitative estimate of drug-likeness (QED) is 0.743. The molecule has 1 aliphatic carbocycles. The van der Waals surface area contributed by atoms with Crippen LogP contribution < -0.4 is 5.32 Å². The summed E-state index contributed by atoms with van der Waals surface area (Å²) in [6, 6.07) is 5.84. The Labute approximate surface area is 163 Å². The molecule has 2 rings (SSSR count). The van der Waals surface area contributed by atoms with E-state index in [0.717, 1.165) is 31.6 Å². The lowest BCUT2D eigenvalue weighted by molar-refractivity contribution is -0.130. The highest BCUT2D eigenvalue weighted by Crippen LogP contribution is 2.28. The average Bonchev–Trinajstić information content (AvgIpc) is 2.61. The molecule has 0 heterocycles. The van der Waals surface area contributed by atoms with Crippen LogP contribution in [0.15, 0.2) is 23.1 Å². The number of nitrogens with one attached hydrogen (secondary N) is 1. The van der Waals surface area contributed by atoms with Crippen molar-refractivity contribution in [1.29, 1.82) is 5.26 Å². The topological polar surface area (TPSA) is 113 Å². The van der Waals surface area contributed by atoms with Gasteiger partial charge in [0.05, 0.1) is 21.6 Å². The second-order valence-electron chi connectivity index (χ2n) is 6.71. The minimum absolute atomic E-state index is 0.0146. The van der Waals surface area contributed by atoms with Crippen LogP contribution in [0.25, 0.3) is 0 Å². The molecule has 1 aromatic rings. The molecule has 1 aliphatic rings. The second kappa shape index (κ2) is 8.28. The molecule has 0 aliphatic heterocycles. The minimum atomic E-state index is -3.53. The third-order valence-electron chi connectivity index (χ3n) is 4.52. The Bertz CT molecular complexity index is 886. The number of benzene rings is 1. The van der Waals surface area contributed by atoms with E-state index in [1.165, 1.54) is 19.1 Å². The van der Waals surface area contributed by atoms with Gasteiger partial charge in [0.25, 0.3) is 5.91 Å². The van der Waals surface area contributed by atoms with Gasteiger partial charge in [0.15, 0.2) is 15.9 Å². The van der Waals surface area contributed by atoms with Gasteiger partial charge in [0.1, 0.15) is 5.54 Å². The summed E-state index contributed by atoms with van der Waals surface area (Å²) < 4.78 is 28.4. The van der Waals surface area contributed by atoms with Crippen LogP contribution in [-0.4, -0.2) is 38.2 Å². The van der Waals surface area contributed by atoms with E-state index >= 15 is 0 Å². The summed E-state index contributed by atoms with van der Waals surface area (Å²) in [5, 5.41) is 12.1. The first kappa shape index (κ1) is 21.2. The van der Waals surface area contributed by atoms with E-state index in [-0.39, 0.29) is 15.5 Å². The molecule has 0 radical (unpaired) electrons. The van der Waals surface area contributed by atoms with Crippen LogP contribution in [0.2, 0.25) is 5.02 Å². The van der Waals surface area contributed by atoms with Crippen molar-refractivity contribution in [3.05, 3.63) is 28.8 Å². The fourth-order valence-electron chi connectivity index (χ4n) is 2.93. The van der Waals surface area contributed by atoms with Crippen molar-refractivity contribution in [2.45, 2.75) is 55.6 Å². The van der Waals surface area contributed by atoms with Crippen LogP contribution in [0, 0.1) is 11.3 Å². The highest BCUT2D eigenvalue weighted by molar-refractivity contribution is 7.90. The van der Waals surface area contributed by atoms with Gasteiger partial charge in [0, 0.05) is 6.26 Å². The number of amides is 1. The molecule has 146 valence electrons. The van der Waals surface area contributed by atoms with E-state index in [1.54, 1.807) is 0 Å². The van der Waals surface area contributed by atoms with E-state index in [2.05, 4.69) is 11.4 Å². The van der Waals surface area contributed by atoms with Gasteiger partial charge in [-0.2, -0.15) is 5.26 Å². The normalized spacial score (nSPS) is 17.4. The van der Waals surface area contributed by atoms with Gasteiger partial charge in [-0.1, -0.05) is 30.9 Å². The maximum Gasteiger partial charge on any atom is 0.340 e. The summed E-state index contributed by atoms with van der Waals surface area (Å²) in [7, 11) is -3.53. The van der Waals surface area contributed by atoms with Crippen molar-refractivity contribution in [1.82, 2.24) is 5.32 Å².